The van der Waals surface area contributed by atoms with Gasteiger partial charge in [0.2, 0.25) is 5.91 Å². The second-order valence-electron chi connectivity index (χ2n) is 8.63. The van der Waals surface area contributed by atoms with Crippen LogP contribution in [-0.2, 0) is 4.79 Å². The maximum absolute atomic E-state index is 12.6. The van der Waals surface area contributed by atoms with Gasteiger partial charge in [-0.2, -0.15) is 13.2 Å². The van der Waals surface area contributed by atoms with Crippen molar-refractivity contribution in [2.24, 2.45) is 5.92 Å². The Kier molecular flexibility index (Phi) is 6.45. The maximum Gasteiger partial charge on any atom is 0.405 e. The number of alkyl halides is 3. The van der Waals surface area contributed by atoms with E-state index < -0.39 is 24.7 Å². The van der Waals surface area contributed by atoms with Crippen molar-refractivity contribution in [1.29, 1.82) is 0 Å². The summed E-state index contributed by atoms with van der Waals surface area (Å²) in [7, 11) is 0. The highest BCUT2D eigenvalue weighted by Gasteiger charge is 2.30. The van der Waals surface area contributed by atoms with Crippen LogP contribution in [0, 0.1) is 5.92 Å². The number of aromatic amines is 1. The number of nitrogens with one attached hydrogen (secondary N) is 3. The normalized spacial score (nSPS) is 14.7. The van der Waals surface area contributed by atoms with Crippen LogP contribution in [0.1, 0.15) is 30.6 Å². The molecule has 0 spiro atoms. The van der Waals surface area contributed by atoms with Gasteiger partial charge >= 0.3 is 6.18 Å². The zero-order valence-electron chi connectivity index (χ0n) is 18.7. The molecule has 3 N–H and O–H groups in total. The fraction of sp³-hybridized carbons (Fsp3) is 0.391. The summed E-state index contributed by atoms with van der Waals surface area (Å²) in [6.07, 6.45) is 2.94. The minimum atomic E-state index is -4.49. The van der Waals surface area contributed by atoms with E-state index >= 15 is 0 Å². The van der Waals surface area contributed by atoms with Crippen molar-refractivity contribution >= 4 is 28.5 Å². The Balaban J connectivity index is 1.58. The number of likely N-dealkylation sites (tertiary alicyclic amines) is 1. The molecule has 8 nitrogen and oxygen atoms in total. The van der Waals surface area contributed by atoms with Crippen LogP contribution in [0.25, 0.3) is 22.2 Å². The van der Waals surface area contributed by atoms with Gasteiger partial charge in [0.05, 0.1) is 11.3 Å². The Bertz CT molecular complexity index is 1200. The minimum absolute atomic E-state index is 0.0639. The second-order valence-corrected chi connectivity index (χ2v) is 8.63. The third kappa shape index (κ3) is 5.13. The molecule has 3 aromatic rings. The number of aromatic nitrogens is 3. The topological polar surface area (TPSA) is 103 Å². The summed E-state index contributed by atoms with van der Waals surface area (Å²) < 4.78 is 37.5. The molecule has 0 saturated carbocycles. The van der Waals surface area contributed by atoms with E-state index in [-0.39, 0.29) is 11.8 Å². The highest BCUT2D eigenvalue weighted by Crippen LogP contribution is 2.30. The number of pyridine rings is 2. The molecular formula is C23H25F3N6O2. The number of hydrogen-bond acceptors (Lipinski definition) is 5. The van der Waals surface area contributed by atoms with E-state index in [9.17, 15) is 22.8 Å². The Morgan fingerprint density at radius 1 is 1.18 bits per heavy atom. The lowest BCUT2D eigenvalue weighted by molar-refractivity contribution is -0.139. The van der Waals surface area contributed by atoms with Gasteiger partial charge in [0.1, 0.15) is 18.2 Å². The predicted octanol–water partition coefficient (Wildman–Crippen LogP) is 3.59. The first-order chi connectivity index (χ1) is 16.1. The number of nitrogens with zero attached hydrogens (tertiary/aromatic N) is 3. The third-order valence-corrected chi connectivity index (χ3v) is 5.70. The van der Waals surface area contributed by atoms with Gasteiger partial charge in [0, 0.05) is 54.4 Å². The van der Waals surface area contributed by atoms with Crippen LogP contribution in [0.4, 0.5) is 18.9 Å². The molecule has 1 aliphatic rings. The first-order valence-electron chi connectivity index (χ1n) is 11.0. The average molecular weight is 474 g/mol. The number of anilines is 1. The van der Waals surface area contributed by atoms with Crippen LogP contribution in [0.5, 0.6) is 0 Å². The van der Waals surface area contributed by atoms with E-state index in [2.05, 4.69) is 20.3 Å². The molecule has 3 aromatic heterocycles. The Morgan fingerprint density at radius 3 is 2.59 bits per heavy atom. The lowest BCUT2D eigenvalue weighted by atomic mass is 10.0. The summed E-state index contributed by atoms with van der Waals surface area (Å²) >= 11 is 0. The second kappa shape index (κ2) is 9.32. The number of rotatable bonds is 7. The monoisotopic (exact) mass is 474 g/mol. The van der Waals surface area contributed by atoms with Gasteiger partial charge in [-0.25, -0.2) is 4.98 Å². The number of carbonyl (C=O) groups excluding carboxylic acids is 2. The van der Waals surface area contributed by atoms with Gasteiger partial charge < -0.3 is 20.5 Å². The molecule has 1 atom stereocenters. The first kappa shape index (κ1) is 23.5. The van der Waals surface area contributed by atoms with Gasteiger partial charge in [0.15, 0.2) is 0 Å². The molecule has 0 bridgehead atoms. The van der Waals surface area contributed by atoms with Gasteiger partial charge in [-0.15, -0.1) is 0 Å². The van der Waals surface area contributed by atoms with Crippen molar-refractivity contribution in [2.45, 2.75) is 32.5 Å². The number of halogens is 3. The first-order valence-corrected chi connectivity index (χ1v) is 11.0. The molecule has 4 rings (SSSR count). The summed E-state index contributed by atoms with van der Waals surface area (Å²) in [5, 5.41) is 5.67. The van der Waals surface area contributed by atoms with Crippen molar-refractivity contribution in [3.63, 3.8) is 0 Å². The lowest BCUT2D eigenvalue weighted by Gasteiger charge is -2.30. The highest BCUT2D eigenvalue weighted by molar-refractivity contribution is 6.01. The quantitative estimate of drug-likeness (QED) is 0.486. The molecule has 1 saturated heterocycles. The molecule has 11 heteroatoms. The minimum Gasteiger partial charge on any atom is -0.372 e. The van der Waals surface area contributed by atoms with Crippen molar-refractivity contribution < 1.29 is 22.8 Å². The molecule has 1 aliphatic heterocycles. The number of fused-ring (bicyclic) bond motifs is 1. The van der Waals surface area contributed by atoms with Crippen LogP contribution < -0.4 is 10.6 Å². The summed E-state index contributed by atoms with van der Waals surface area (Å²) in [4.78, 5) is 38.4. The Hall–Kier alpha value is -3.63. The number of hydrogen-bond donors (Lipinski definition) is 3. The van der Waals surface area contributed by atoms with Crippen LogP contribution in [0.2, 0.25) is 0 Å². The number of H-pyrrole nitrogens is 1. The zero-order chi connectivity index (χ0) is 24.5. The third-order valence-electron chi connectivity index (χ3n) is 5.70. The number of carbonyl (C=O) groups is 2. The van der Waals surface area contributed by atoms with Gasteiger partial charge in [-0.05, 0) is 24.5 Å². The van der Waals surface area contributed by atoms with Gasteiger partial charge in [-0.1, -0.05) is 13.8 Å². The summed E-state index contributed by atoms with van der Waals surface area (Å²) in [5.41, 5.74) is 3.05. The molecule has 4 heterocycles. The van der Waals surface area contributed by atoms with E-state index in [4.69, 9.17) is 0 Å². The molecule has 180 valence electrons. The molecule has 0 radical (unpaired) electrons. The fourth-order valence-electron chi connectivity index (χ4n) is 3.74. The summed E-state index contributed by atoms with van der Waals surface area (Å²) in [5.74, 6) is -1.08. The van der Waals surface area contributed by atoms with Crippen molar-refractivity contribution in [2.75, 3.05) is 25.0 Å². The van der Waals surface area contributed by atoms with E-state index in [0.717, 1.165) is 30.5 Å². The lowest BCUT2D eigenvalue weighted by Crippen LogP contribution is -2.46. The van der Waals surface area contributed by atoms with Gasteiger partial charge in [-0.3, -0.25) is 14.6 Å². The summed E-state index contributed by atoms with van der Waals surface area (Å²) in [6.45, 7) is 3.56. The average Bonchev–Trinajstić information content (AvgIpc) is 3.17. The molecule has 0 aliphatic carbocycles. The standard InChI is InChI=1S/C23H25F3N6O2/c1-13(2)19(21(33)30-12-23(24,25)26)31-16-6-14(8-27-10-16)18-11-29-20-17(18)7-15(9-28-20)22(34)32-4-3-5-32/h6-11,13,19,31H,3-5,12H2,1-2H3,(H,28,29)(H,30,33)/t19-/m1/s1. The van der Waals surface area contributed by atoms with Crippen LogP contribution >= 0.6 is 0 Å². The Labute approximate surface area is 194 Å². The number of amides is 2. The highest BCUT2D eigenvalue weighted by atomic mass is 19.4. The van der Waals surface area contributed by atoms with E-state index in [1.54, 1.807) is 49.5 Å². The van der Waals surface area contributed by atoms with E-state index in [1.165, 1.54) is 6.20 Å². The fourth-order valence-corrected chi connectivity index (χ4v) is 3.74. The van der Waals surface area contributed by atoms with E-state index in [0.29, 0.717) is 22.5 Å². The van der Waals surface area contributed by atoms with Crippen LogP contribution in [-0.4, -0.2) is 63.5 Å². The van der Waals surface area contributed by atoms with E-state index in [1.807, 2.05) is 5.32 Å². The van der Waals surface area contributed by atoms with Crippen molar-refractivity contribution in [3.05, 3.63) is 42.5 Å². The summed E-state index contributed by atoms with van der Waals surface area (Å²) in [6, 6.07) is 2.66. The largest absolute Gasteiger partial charge is 0.405 e. The zero-order valence-corrected chi connectivity index (χ0v) is 18.7. The van der Waals surface area contributed by atoms with Crippen molar-refractivity contribution in [3.8, 4) is 11.1 Å². The maximum atomic E-state index is 12.6. The van der Waals surface area contributed by atoms with Gasteiger partial charge in [0.25, 0.3) is 5.91 Å². The molecule has 34 heavy (non-hydrogen) atoms. The molecule has 0 unspecified atom stereocenters. The van der Waals surface area contributed by atoms with Crippen molar-refractivity contribution in [1.82, 2.24) is 25.2 Å². The molecular weight excluding hydrogens is 449 g/mol. The molecule has 0 aromatic carbocycles. The predicted molar refractivity (Wildman–Crippen MR) is 121 cm³/mol. The van der Waals surface area contributed by atoms with Crippen LogP contribution in [0.15, 0.2) is 36.9 Å². The molecule has 1 fully saturated rings. The molecule has 2 amide bonds. The Morgan fingerprint density at radius 2 is 1.94 bits per heavy atom. The smallest absolute Gasteiger partial charge is 0.372 e. The SMILES string of the molecule is CC(C)[C@@H](Nc1cncc(-c2c[nH]c3ncc(C(=O)N4CCC4)cc23)c1)C(=O)NCC(F)(F)F. The van der Waals surface area contributed by atoms with Crippen LogP contribution in [0.3, 0.4) is 0 Å².